The number of carbonyl (C=O) groups excluding carboxylic acids is 1. The maximum atomic E-state index is 14.2. The molecule has 0 saturated carbocycles. The molecule has 35 heavy (non-hydrogen) atoms. The first kappa shape index (κ1) is 23.1. The molecule has 0 radical (unpaired) electrons. The molecular formula is C29H28N4OS. The minimum Gasteiger partial charge on any atom is -0.308 e. The van der Waals surface area contributed by atoms with Gasteiger partial charge >= 0.3 is 0 Å². The van der Waals surface area contributed by atoms with E-state index < -0.39 is 0 Å². The first-order valence-corrected chi connectivity index (χ1v) is 12.5. The predicted octanol–water partition coefficient (Wildman–Crippen LogP) is 6.34. The van der Waals surface area contributed by atoms with Crippen LogP contribution in [0.25, 0.3) is 32.4 Å². The number of carbonyl (C=O) groups is 1. The number of amides is 1. The minimum absolute atomic E-state index is 0.0592. The van der Waals surface area contributed by atoms with E-state index in [1.807, 2.05) is 79.7 Å². The molecule has 2 heterocycles. The highest BCUT2D eigenvalue weighted by molar-refractivity contribution is 7.22. The van der Waals surface area contributed by atoms with Crippen LogP contribution < -0.4 is 4.90 Å². The van der Waals surface area contributed by atoms with Gasteiger partial charge in [0.1, 0.15) is 0 Å². The van der Waals surface area contributed by atoms with Gasteiger partial charge in [0.2, 0.25) is 0 Å². The Kier molecular flexibility index (Phi) is 6.32. The molecule has 0 aliphatic rings. The normalized spacial score (nSPS) is 11.5. The maximum absolute atomic E-state index is 14.2. The zero-order valence-electron chi connectivity index (χ0n) is 20.4. The molecule has 3 aromatic carbocycles. The summed E-state index contributed by atoms with van der Waals surface area (Å²) in [6, 6.07) is 24.0. The summed E-state index contributed by atoms with van der Waals surface area (Å²) in [5.74, 6) is -0.0592. The average Bonchev–Trinajstić information content (AvgIpc) is 3.27. The molecule has 176 valence electrons. The molecule has 2 aromatic heterocycles. The van der Waals surface area contributed by atoms with Gasteiger partial charge in [-0.3, -0.25) is 9.69 Å². The lowest BCUT2D eigenvalue weighted by molar-refractivity contribution is 0.0986. The number of benzene rings is 3. The number of fused-ring (bicyclic) bond motifs is 2. The van der Waals surface area contributed by atoms with Crippen molar-refractivity contribution in [2.24, 2.45) is 0 Å². The van der Waals surface area contributed by atoms with Crippen LogP contribution in [0.4, 0.5) is 5.13 Å². The van der Waals surface area contributed by atoms with Gasteiger partial charge in [-0.15, -0.1) is 0 Å². The van der Waals surface area contributed by atoms with E-state index in [0.29, 0.717) is 12.1 Å². The number of hydrogen-bond acceptors (Lipinski definition) is 5. The van der Waals surface area contributed by atoms with E-state index >= 15 is 0 Å². The van der Waals surface area contributed by atoms with Gasteiger partial charge in [-0.05, 0) is 57.3 Å². The molecule has 0 bridgehead atoms. The summed E-state index contributed by atoms with van der Waals surface area (Å²) in [6.07, 6.45) is 0. The van der Waals surface area contributed by atoms with Crippen molar-refractivity contribution < 1.29 is 4.79 Å². The van der Waals surface area contributed by atoms with Crippen LogP contribution in [0.3, 0.4) is 0 Å². The lowest BCUT2D eigenvalue weighted by Gasteiger charge is -2.23. The lowest BCUT2D eigenvalue weighted by atomic mass is 10.0. The van der Waals surface area contributed by atoms with E-state index in [-0.39, 0.29) is 5.91 Å². The largest absolute Gasteiger partial charge is 0.308 e. The third-order valence-electron chi connectivity index (χ3n) is 6.07. The van der Waals surface area contributed by atoms with Gasteiger partial charge in [0.05, 0.1) is 27.0 Å². The Morgan fingerprint density at radius 1 is 0.857 bits per heavy atom. The number of aromatic nitrogens is 2. The molecule has 5 aromatic rings. The van der Waals surface area contributed by atoms with E-state index in [4.69, 9.17) is 9.97 Å². The number of pyridine rings is 1. The van der Waals surface area contributed by atoms with Crippen molar-refractivity contribution in [3.63, 3.8) is 0 Å². The average molecular weight is 481 g/mol. The molecule has 5 nitrogen and oxygen atoms in total. The molecule has 0 N–H and O–H groups in total. The second-order valence-corrected chi connectivity index (χ2v) is 10.1. The zero-order valence-corrected chi connectivity index (χ0v) is 21.3. The van der Waals surface area contributed by atoms with Crippen LogP contribution in [0.2, 0.25) is 0 Å². The fourth-order valence-corrected chi connectivity index (χ4v) is 5.36. The number of hydrogen-bond donors (Lipinski definition) is 0. The van der Waals surface area contributed by atoms with Crippen molar-refractivity contribution in [1.29, 1.82) is 0 Å². The molecule has 0 spiro atoms. The van der Waals surface area contributed by atoms with Gasteiger partial charge in [0.25, 0.3) is 5.91 Å². The molecule has 0 fully saturated rings. The van der Waals surface area contributed by atoms with Crippen LogP contribution in [-0.4, -0.2) is 48.0 Å². The molecule has 0 unspecified atom stereocenters. The molecular weight excluding hydrogens is 452 g/mol. The molecule has 6 heteroatoms. The van der Waals surface area contributed by atoms with Gasteiger partial charge in [0, 0.05) is 24.0 Å². The number of anilines is 1. The molecule has 1 amide bonds. The minimum atomic E-state index is -0.0592. The van der Waals surface area contributed by atoms with Gasteiger partial charge in [-0.2, -0.15) is 0 Å². The maximum Gasteiger partial charge on any atom is 0.260 e. The number of rotatable bonds is 6. The quantitative estimate of drug-likeness (QED) is 0.285. The first-order valence-electron chi connectivity index (χ1n) is 11.7. The monoisotopic (exact) mass is 480 g/mol. The van der Waals surface area contributed by atoms with Crippen molar-refractivity contribution in [1.82, 2.24) is 14.9 Å². The van der Waals surface area contributed by atoms with Gasteiger partial charge in [0.15, 0.2) is 5.13 Å². The van der Waals surface area contributed by atoms with E-state index in [0.717, 1.165) is 44.1 Å². The fourth-order valence-electron chi connectivity index (χ4n) is 4.32. The Balaban J connectivity index is 1.66. The Morgan fingerprint density at radius 3 is 2.37 bits per heavy atom. The third-order valence-corrected chi connectivity index (χ3v) is 7.30. The van der Waals surface area contributed by atoms with Crippen molar-refractivity contribution in [3.8, 4) is 11.3 Å². The number of para-hydroxylation sites is 1. The molecule has 5 rings (SSSR count). The van der Waals surface area contributed by atoms with E-state index in [1.165, 1.54) is 11.1 Å². The highest BCUT2D eigenvalue weighted by Gasteiger charge is 2.24. The number of nitrogens with zero attached hydrogens (tertiary/aromatic N) is 4. The van der Waals surface area contributed by atoms with E-state index in [9.17, 15) is 4.79 Å². The predicted molar refractivity (Wildman–Crippen MR) is 147 cm³/mol. The van der Waals surface area contributed by atoms with Crippen LogP contribution in [0.15, 0.2) is 72.8 Å². The summed E-state index contributed by atoms with van der Waals surface area (Å²) in [6.45, 7) is 5.45. The van der Waals surface area contributed by atoms with Crippen LogP contribution >= 0.6 is 11.3 Å². The third kappa shape index (κ3) is 4.67. The SMILES string of the molecule is Cc1cc(C)c2sc(N(CCN(C)C)C(=O)c3cc(-c4ccccc4)nc4ccccc34)nc2c1. The van der Waals surface area contributed by atoms with E-state index in [1.54, 1.807) is 11.3 Å². The summed E-state index contributed by atoms with van der Waals surface area (Å²) >= 11 is 1.58. The van der Waals surface area contributed by atoms with Gasteiger partial charge in [-0.25, -0.2) is 9.97 Å². The van der Waals surface area contributed by atoms with Crippen LogP contribution in [-0.2, 0) is 0 Å². The second kappa shape index (κ2) is 9.56. The first-order chi connectivity index (χ1) is 16.9. The van der Waals surface area contributed by atoms with Crippen molar-refractivity contribution in [3.05, 3.63) is 89.5 Å². The molecule has 0 saturated heterocycles. The van der Waals surface area contributed by atoms with Crippen LogP contribution in [0.5, 0.6) is 0 Å². The summed E-state index contributed by atoms with van der Waals surface area (Å²) in [5.41, 5.74) is 6.51. The Morgan fingerprint density at radius 2 is 1.60 bits per heavy atom. The number of aryl methyl sites for hydroxylation is 2. The Hall–Kier alpha value is -3.61. The van der Waals surface area contributed by atoms with Crippen LogP contribution in [0.1, 0.15) is 21.5 Å². The molecule has 0 aliphatic heterocycles. The number of likely N-dealkylation sites (N-methyl/N-ethyl adjacent to an activating group) is 1. The van der Waals surface area contributed by atoms with Gasteiger partial charge < -0.3 is 4.90 Å². The Bertz CT molecular complexity index is 1520. The smallest absolute Gasteiger partial charge is 0.260 e. The summed E-state index contributed by atoms with van der Waals surface area (Å²) < 4.78 is 1.12. The molecule has 0 aliphatic carbocycles. The van der Waals surface area contributed by atoms with E-state index in [2.05, 4.69) is 30.9 Å². The van der Waals surface area contributed by atoms with Crippen molar-refractivity contribution in [2.45, 2.75) is 13.8 Å². The topological polar surface area (TPSA) is 49.3 Å². The fraction of sp³-hybridized carbons (Fsp3) is 0.207. The highest BCUT2D eigenvalue weighted by Crippen LogP contribution is 2.34. The second-order valence-electron chi connectivity index (χ2n) is 9.12. The van der Waals surface area contributed by atoms with Crippen molar-refractivity contribution >= 4 is 43.5 Å². The molecule has 0 atom stereocenters. The summed E-state index contributed by atoms with van der Waals surface area (Å²) in [4.78, 5) is 27.9. The Labute approximate surface area is 209 Å². The lowest BCUT2D eigenvalue weighted by Crippen LogP contribution is -2.37. The summed E-state index contributed by atoms with van der Waals surface area (Å²) in [7, 11) is 4.04. The van der Waals surface area contributed by atoms with Crippen LogP contribution in [0, 0.1) is 13.8 Å². The van der Waals surface area contributed by atoms with Crippen molar-refractivity contribution in [2.75, 3.05) is 32.1 Å². The zero-order chi connectivity index (χ0) is 24.5. The number of thiazole rings is 1. The highest BCUT2D eigenvalue weighted by atomic mass is 32.1. The standard InChI is InChI=1S/C29H28N4OS/c1-19-16-20(2)27-26(17-19)31-29(35-27)33(15-14-32(3)4)28(34)23-18-25(21-10-6-5-7-11-21)30-24-13-9-8-12-22(23)24/h5-13,16-18H,14-15H2,1-4H3. The van der Waals surface area contributed by atoms with Gasteiger partial charge in [-0.1, -0.05) is 65.9 Å². The summed E-state index contributed by atoms with van der Waals surface area (Å²) in [5, 5.41) is 1.57.